The minimum absolute atomic E-state index is 0.221. The molecule has 122 valence electrons. The first-order valence-electron chi connectivity index (χ1n) is 8.16. The van der Waals surface area contributed by atoms with Crippen molar-refractivity contribution in [2.75, 3.05) is 38.2 Å². The van der Waals surface area contributed by atoms with Crippen molar-refractivity contribution < 1.29 is 9.53 Å². The maximum atomic E-state index is 11.6. The number of amides is 1. The third kappa shape index (κ3) is 3.37. The van der Waals surface area contributed by atoms with Crippen LogP contribution < -0.4 is 4.90 Å². The van der Waals surface area contributed by atoms with E-state index in [4.69, 9.17) is 4.74 Å². The fraction of sp³-hybridized carbons (Fsp3) is 0.611. The zero-order chi connectivity index (χ0) is 16.3. The number of anilines is 1. The molecule has 1 aliphatic rings. The molecule has 1 amide bonds. The Morgan fingerprint density at radius 3 is 1.91 bits per heavy atom. The van der Waals surface area contributed by atoms with Gasteiger partial charge in [-0.05, 0) is 23.0 Å². The average molecular weight is 304 g/mol. The van der Waals surface area contributed by atoms with Gasteiger partial charge in [0, 0.05) is 31.9 Å². The molecule has 1 aliphatic heterocycles. The number of ether oxygens (including phenoxy) is 1. The number of hydrogen-bond acceptors (Lipinski definition) is 3. The standard InChI is InChI=1S/C18H28N2O2/c1-13(2)15-7-6-8-16(14(3)4)17(15)19-9-11-20(12-10-19)18(21)22-5/h6-8,13-14H,9-12H2,1-5H3. The Bertz CT molecular complexity index is 492. The van der Waals surface area contributed by atoms with E-state index in [-0.39, 0.29) is 6.09 Å². The number of hydrogen-bond donors (Lipinski definition) is 0. The molecule has 0 saturated carbocycles. The lowest BCUT2D eigenvalue weighted by molar-refractivity contribution is 0.121. The van der Waals surface area contributed by atoms with Gasteiger partial charge in [0.15, 0.2) is 0 Å². The number of carbonyl (C=O) groups excluding carboxylic acids is 1. The number of piperazine rings is 1. The molecule has 1 aromatic rings. The summed E-state index contributed by atoms with van der Waals surface area (Å²) in [5.41, 5.74) is 4.17. The third-order valence-electron chi connectivity index (χ3n) is 4.37. The SMILES string of the molecule is COC(=O)N1CCN(c2c(C(C)C)cccc2C(C)C)CC1. The molecule has 0 atom stereocenters. The summed E-state index contributed by atoms with van der Waals surface area (Å²) in [7, 11) is 1.44. The highest BCUT2D eigenvalue weighted by molar-refractivity contribution is 5.68. The molecule has 1 aromatic carbocycles. The fourth-order valence-corrected chi connectivity index (χ4v) is 3.12. The van der Waals surface area contributed by atoms with Crippen molar-refractivity contribution in [1.29, 1.82) is 0 Å². The molecular weight excluding hydrogens is 276 g/mol. The van der Waals surface area contributed by atoms with Crippen molar-refractivity contribution in [1.82, 2.24) is 4.90 Å². The van der Waals surface area contributed by atoms with Crippen LogP contribution in [0.2, 0.25) is 0 Å². The Hall–Kier alpha value is -1.71. The largest absolute Gasteiger partial charge is 0.453 e. The number of benzene rings is 1. The van der Waals surface area contributed by atoms with Crippen LogP contribution in [0.15, 0.2) is 18.2 Å². The predicted octanol–water partition coefficient (Wildman–Crippen LogP) is 3.82. The second-order valence-electron chi connectivity index (χ2n) is 6.54. The van der Waals surface area contributed by atoms with Crippen molar-refractivity contribution in [3.63, 3.8) is 0 Å². The molecule has 1 saturated heterocycles. The van der Waals surface area contributed by atoms with Crippen LogP contribution in [0.1, 0.15) is 50.7 Å². The summed E-state index contributed by atoms with van der Waals surface area (Å²) in [6.45, 7) is 12.1. The highest BCUT2D eigenvalue weighted by Gasteiger charge is 2.25. The van der Waals surface area contributed by atoms with Crippen LogP contribution in [0.4, 0.5) is 10.5 Å². The first kappa shape index (κ1) is 16.7. The van der Waals surface area contributed by atoms with Gasteiger partial charge in [-0.15, -0.1) is 0 Å². The van der Waals surface area contributed by atoms with Crippen molar-refractivity contribution in [2.45, 2.75) is 39.5 Å². The van der Waals surface area contributed by atoms with Crippen LogP contribution in [-0.4, -0.2) is 44.3 Å². The summed E-state index contributed by atoms with van der Waals surface area (Å²) in [6.07, 6.45) is -0.221. The fourth-order valence-electron chi connectivity index (χ4n) is 3.12. The van der Waals surface area contributed by atoms with E-state index in [0.29, 0.717) is 11.8 Å². The van der Waals surface area contributed by atoms with E-state index in [0.717, 1.165) is 26.2 Å². The van der Waals surface area contributed by atoms with Crippen molar-refractivity contribution in [3.05, 3.63) is 29.3 Å². The average Bonchev–Trinajstić information content (AvgIpc) is 2.53. The molecule has 0 aromatic heterocycles. The van der Waals surface area contributed by atoms with Gasteiger partial charge in [-0.25, -0.2) is 4.79 Å². The quantitative estimate of drug-likeness (QED) is 0.851. The first-order chi connectivity index (χ1) is 10.5. The van der Waals surface area contributed by atoms with Crippen LogP contribution in [0.25, 0.3) is 0 Å². The monoisotopic (exact) mass is 304 g/mol. The number of carbonyl (C=O) groups is 1. The maximum absolute atomic E-state index is 11.6. The number of methoxy groups -OCH3 is 1. The Labute approximate surface area is 134 Å². The Morgan fingerprint density at radius 2 is 1.50 bits per heavy atom. The van der Waals surface area contributed by atoms with E-state index in [1.165, 1.54) is 23.9 Å². The highest BCUT2D eigenvalue weighted by atomic mass is 16.5. The molecule has 0 unspecified atom stereocenters. The van der Waals surface area contributed by atoms with Gasteiger partial charge in [-0.3, -0.25) is 0 Å². The van der Waals surface area contributed by atoms with E-state index >= 15 is 0 Å². The van der Waals surface area contributed by atoms with Crippen molar-refractivity contribution >= 4 is 11.8 Å². The van der Waals surface area contributed by atoms with E-state index in [1.807, 2.05) is 0 Å². The molecule has 1 heterocycles. The summed E-state index contributed by atoms with van der Waals surface area (Å²) in [6, 6.07) is 6.63. The topological polar surface area (TPSA) is 32.8 Å². The molecule has 0 spiro atoms. The second-order valence-corrected chi connectivity index (χ2v) is 6.54. The summed E-state index contributed by atoms with van der Waals surface area (Å²) < 4.78 is 4.82. The van der Waals surface area contributed by atoms with Gasteiger partial charge in [-0.2, -0.15) is 0 Å². The van der Waals surface area contributed by atoms with E-state index < -0.39 is 0 Å². The zero-order valence-corrected chi connectivity index (χ0v) is 14.4. The lowest BCUT2D eigenvalue weighted by Gasteiger charge is -2.38. The molecule has 4 nitrogen and oxygen atoms in total. The lowest BCUT2D eigenvalue weighted by atomic mass is 9.91. The summed E-state index contributed by atoms with van der Waals surface area (Å²) in [5, 5.41) is 0. The normalized spacial score (nSPS) is 15.6. The van der Waals surface area contributed by atoms with E-state index in [9.17, 15) is 4.79 Å². The van der Waals surface area contributed by atoms with Gasteiger partial charge in [-0.1, -0.05) is 45.9 Å². The predicted molar refractivity (Wildman–Crippen MR) is 90.8 cm³/mol. The van der Waals surface area contributed by atoms with Crippen LogP contribution in [0.5, 0.6) is 0 Å². The van der Waals surface area contributed by atoms with Gasteiger partial charge in [0.1, 0.15) is 0 Å². The van der Waals surface area contributed by atoms with Gasteiger partial charge in [0.05, 0.1) is 7.11 Å². The second kappa shape index (κ2) is 7.03. The van der Waals surface area contributed by atoms with Crippen molar-refractivity contribution in [2.24, 2.45) is 0 Å². The van der Waals surface area contributed by atoms with E-state index in [2.05, 4.69) is 50.8 Å². The molecule has 4 heteroatoms. The molecule has 22 heavy (non-hydrogen) atoms. The zero-order valence-electron chi connectivity index (χ0n) is 14.4. The van der Waals surface area contributed by atoms with Gasteiger partial charge in [0.25, 0.3) is 0 Å². The molecule has 0 N–H and O–H groups in total. The molecule has 0 bridgehead atoms. The minimum atomic E-state index is -0.221. The lowest BCUT2D eigenvalue weighted by Crippen LogP contribution is -2.49. The van der Waals surface area contributed by atoms with Gasteiger partial charge >= 0.3 is 6.09 Å². The molecule has 0 aliphatic carbocycles. The van der Waals surface area contributed by atoms with Crippen molar-refractivity contribution in [3.8, 4) is 0 Å². The maximum Gasteiger partial charge on any atom is 0.409 e. The third-order valence-corrected chi connectivity index (χ3v) is 4.37. The Balaban J connectivity index is 2.27. The highest BCUT2D eigenvalue weighted by Crippen LogP contribution is 2.35. The number of nitrogens with zero attached hydrogens (tertiary/aromatic N) is 2. The summed E-state index contributed by atoms with van der Waals surface area (Å²) in [4.78, 5) is 15.9. The molecular formula is C18H28N2O2. The van der Waals surface area contributed by atoms with Crippen LogP contribution in [0.3, 0.4) is 0 Å². The minimum Gasteiger partial charge on any atom is -0.453 e. The Kier molecular flexibility index (Phi) is 5.33. The smallest absolute Gasteiger partial charge is 0.409 e. The van der Waals surface area contributed by atoms with Crippen LogP contribution in [-0.2, 0) is 4.74 Å². The molecule has 2 rings (SSSR count). The molecule has 1 fully saturated rings. The number of para-hydroxylation sites is 1. The van der Waals surface area contributed by atoms with Crippen LogP contribution >= 0.6 is 0 Å². The van der Waals surface area contributed by atoms with Gasteiger partial charge in [0.2, 0.25) is 0 Å². The molecule has 0 radical (unpaired) electrons. The number of rotatable bonds is 3. The summed E-state index contributed by atoms with van der Waals surface area (Å²) >= 11 is 0. The van der Waals surface area contributed by atoms with Crippen LogP contribution in [0, 0.1) is 0 Å². The van der Waals surface area contributed by atoms with E-state index in [1.54, 1.807) is 4.90 Å². The first-order valence-corrected chi connectivity index (χ1v) is 8.16. The van der Waals surface area contributed by atoms with Gasteiger partial charge < -0.3 is 14.5 Å². The summed E-state index contributed by atoms with van der Waals surface area (Å²) in [5.74, 6) is 0.986. The Morgan fingerprint density at radius 1 is 1.00 bits per heavy atom.